The van der Waals surface area contributed by atoms with Gasteiger partial charge >= 0.3 is 0 Å². The monoisotopic (exact) mass is 291 g/mol. The number of hydrogen-bond donors (Lipinski definition) is 1. The molecule has 0 aromatic carbocycles. The van der Waals surface area contributed by atoms with Crippen molar-refractivity contribution >= 4 is 11.3 Å². The highest BCUT2D eigenvalue weighted by Crippen LogP contribution is 2.36. The van der Waals surface area contributed by atoms with Crippen molar-refractivity contribution in [2.45, 2.75) is 70.1 Å². The number of fused-ring (bicyclic) bond motifs is 1. The normalized spacial score (nSPS) is 30.6. The van der Waals surface area contributed by atoms with Crippen molar-refractivity contribution in [3.05, 3.63) is 16.1 Å². The molecule has 2 saturated carbocycles. The molecule has 3 nitrogen and oxygen atoms in total. The summed E-state index contributed by atoms with van der Waals surface area (Å²) in [6.07, 6.45) is 9.92. The SMILES string of the molecule is c1sc(CNC2CC2)nc1CN1CCC2CCCCC21. The molecule has 4 rings (SSSR count). The molecule has 1 aromatic rings. The number of aromatic nitrogens is 1. The maximum Gasteiger partial charge on any atom is 0.107 e. The summed E-state index contributed by atoms with van der Waals surface area (Å²) < 4.78 is 0. The smallest absolute Gasteiger partial charge is 0.107 e. The first-order valence-electron chi connectivity index (χ1n) is 8.29. The van der Waals surface area contributed by atoms with Gasteiger partial charge < -0.3 is 5.32 Å². The molecule has 0 spiro atoms. The quantitative estimate of drug-likeness (QED) is 0.903. The number of thiazole rings is 1. The van der Waals surface area contributed by atoms with E-state index in [4.69, 9.17) is 4.98 Å². The van der Waals surface area contributed by atoms with Gasteiger partial charge in [0.1, 0.15) is 5.01 Å². The summed E-state index contributed by atoms with van der Waals surface area (Å²) in [5.41, 5.74) is 1.30. The third-order valence-corrected chi connectivity index (χ3v) is 6.11. The standard InChI is InChI=1S/C16H25N3S/c1-2-4-15-12(3-1)7-8-19(15)10-14-11-20-16(18-14)9-17-13-5-6-13/h11-13,15,17H,1-10H2. The maximum absolute atomic E-state index is 4.83. The Bertz CT molecular complexity index is 454. The van der Waals surface area contributed by atoms with E-state index in [1.54, 1.807) is 0 Å². The molecule has 1 N–H and O–H groups in total. The first kappa shape index (κ1) is 13.2. The lowest BCUT2D eigenvalue weighted by Crippen LogP contribution is -2.34. The van der Waals surface area contributed by atoms with Gasteiger partial charge in [-0.1, -0.05) is 12.8 Å². The van der Waals surface area contributed by atoms with Crippen molar-refractivity contribution in [2.75, 3.05) is 6.54 Å². The Balaban J connectivity index is 1.33. The van der Waals surface area contributed by atoms with Gasteiger partial charge in [0.2, 0.25) is 0 Å². The molecule has 20 heavy (non-hydrogen) atoms. The number of nitrogens with zero attached hydrogens (tertiary/aromatic N) is 2. The Kier molecular flexibility index (Phi) is 3.80. The Morgan fingerprint density at radius 3 is 3.00 bits per heavy atom. The van der Waals surface area contributed by atoms with Gasteiger partial charge in [0, 0.05) is 30.6 Å². The molecular weight excluding hydrogens is 266 g/mol. The van der Waals surface area contributed by atoms with E-state index in [9.17, 15) is 0 Å². The predicted octanol–water partition coefficient (Wildman–Crippen LogP) is 3.16. The minimum absolute atomic E-state index is 0.781. The molecule has 0 radical (unpaired) electrons. The van der Waals surface area contributed by atoms with Crippen molar-refractivity contribution in [3.8, 4) is 0 Å². The van der Waals surface area contributed by atoms with Crippen molar-refractivity contribution in [2.24, 2.45) is 5.92 Å². The number of nitrogens with one attached hydrogen (secondary N) is 1. The van der Waals surface area contributed by atoms with Gasteiger partial charge in [-0.15, -0.1) is 11.3 Å². The van der Waals surface area contributed by atoms with E-state index in [1.165, 1.54) is 62.2 Å². The van der Waals surface area contributed by atoms with Gasteiger partial charge in [-0.05, 0) is 44.6 Å². The highest BCUT2D eigenvalue weighted by molar-refractivity contribution is 7.09. The van der Waals surface area contributed by atoms with Crippen LogP contribution in [0.4, 0.5) is 0 Å². The topological polar surface area (TPSA) is 28.2 Å². The molecule has 0 amide bonds. The number of hydrogen-bond acceptors (Lipinski definition) is 4. The second-order valence-corrected chi connectivity index (χ2v) is 7.70. The molecule has 2 heterocycles. The molecule has 110 valence electrons. The van der Waals surface area contributed by atoms with Gasteiger partial charge in [-0.2, -0.15) is 0 Å². The van der Waals surface area contributed by atoms with E-state index >= 15 is 0 Å². The second kappa shape index (κ2) is 5.74. The molecular formula is C16H25N3S. The molecule has 2 aliphatic carbocycles. The Morgan fingerprint density at radius 1 is 1.20 bits per heavy atom. The lowest BCUT2D eigenvalue weighted by atomic mass is 9.85. The molecule has 0 bridgehead atoms. The maximum atomic E-state index is 4.83. The summed E-state index contributed by atoms with van der Waals surface area (Å²) in [5.74, 6) is 0.985. The fraction of sp³-hybridized carbons (Fsp3) is 0.812. The van der Waals surface area contributed by atoms with Crippen LogP contribution < -0.4 is 5.32 Å². The zero-order valence-corrected chi connectivity index (χ0v) is 13.0. The summed E-state index contributed by atoms with van der Waals surface area (Å²) in [4.78, 5) is 7.53. The summed E-state index contributed by atoms with van der Waals surface area (Å²) in [5, 5.41) is 7.11. The van der Waals surface area contributed by atoms with Crippen molar-refractivity contribution in [1.82, 2.24) is 15.2 Å². The van der Waals surface area contributed by atoms with Gasteiger partial charge in [0.15, 0.2) is 0 Å². The summed E-state index contributed by atoms with van der Waals surface area (Å²) >= 11 is 1.83. The van der Waals surface area contributed by atoms with Gasteiger partial charge in [0.25, 0.3) is 0 Å². The van der Waals surface area contributed by atoms with Gasteiger partial charge in [-0.3, -0.25) is 4.90 Å². The molecule has 1 saturated heterocycles. The number of likely N-dealkylation sites (tertiary alicyclic amines) is 1. The van der Waals surface area contributed by atoms with Crippen LogP contribution in [-0.4, -0.2) is 28.5 Å². The highest BCUT2D eigenvalue weighted by atomic mass is 32.1. The van der Waals surface area contributed by atoms with E-state index in [0.717, 1.165) is 31.1 Å². The largest absolute Gasteiger partial charge is 0.308 e. The molecule has 3 fully saturated rings. The van der Waals surface area contributed by atoms with Crippen LogP contribution in [0.3, 0.4) is 0 Å². The third-order valence-electron chi connectivity index (χ3n) is 5.21. The third kappa shape index (κ3) is 2.92. The molecule has 2 unspecified atom stereocenters. The lowest BCUT2D eigenvalue weighted by molar-refractivity contribution is 0.174. The molecule has 3 aliphatic rings. The Labute approximate surface area is 125 Å². The van der Waals surface area contributed by atoms with E-state index in [0.29, 0.717) is 0 Å². The van der Waals surface area contributed by atoms with E-state index in [2.05, 4.69) is 15.6 Å². The summed E-state index contributed by atoms with van der Waals surface area (Å²) in [7, 11) is 0. The van der Waals surface area contributed by atoms with Gasteiger partial charge in [-0.25, -0.2) is 4.98 Å². The van der Waals surface area contributed by atoms with E-state index < -0.39 is 0 Å². The number of rotatable bonds is 5. The van der Waals surface area contributed by atoms with Gasteiger partial charge in [0.05, 0.1) is 5.69 Å². The van der Waals surface area contributed by atoms with Crippen LogP contribution in [0, 0.1) is 5.92 Å². The highest BCUT2D eigenvalue weighted by Gasteiger charge is 2.35. The fourth-order valence-corrected chi connectivity index (χ4v) is 4.67. The average Bonchev–Trinajstić information content (AvgIpc) is 3.06. The van der Waals surface area contributed by atoms with Crippen LogP contribution in [0.1, 0.15) is 55.6 Å². The second-order valence-electron chi connectivity index (χ2n) is 6.76. The molecule has 2 atom stereocenters. The van der Waals surface area contributed by atoms with E-state index in [-0.39, 0.29) is 0 Å². The predicted molar refractivity (Wildman–Crippen MR) is 82.7 cm³/mol. The Morgan fingerprint density at radius 2 is 2.10 bits per heavy atom. The summed E-state index contributed by atoms with van der Waals surface area (Å²) in [6.45, 7) is 3.35. The van der Waals surface area contributed by atoms with Crippen LogP contribution in [0.25, 0.3) is 0 Å². The summed E-state index contributed by atoms with van der Waals surface area (Å²) in [6, 6.07) is 1.64. The van der Waals surface area contributed by atoms with Crippen molar-refractivity contribution in [3.63, 3.8) is 0 Å². The lowest BCUT2D eigenvalue weighted by Gasteiger charge is -2.31. The first-order valence-corrected chi connectivity index (χ1v) is 9.17. The van der Waals surface area contributed by atoms with Crippen molar-refractivity contribution in [1.29, 1.82) is 0 Å². The van der Waals surface area contributed by atoms with Crippen LogP contribution in [0.5, 0.6) is 0 Å². The zero-order chi connectivity index (χ0) is 13.4. The Hall–Kier alpha value is -0.450. The minimum Gasteiger partial charge on any atom is -0.308 e. The van der Waals surface area contributed by atoms with Crippen LogP contribution >= 0.6 is 11.3 Å². The van der Waals surface area contributed by atoms with E-state index in [1.807, 2.05) is 11.3 Å². The first-order chi connectivity index (χ1) is 9.88. The molecule has 1 aliphatic heterocycles. The van der Waals surface area contributed by atoms with Crippen LogP contribution in [-0.2, 0) is 13.1 Å². The zero-order valence-electron chi connectivity index (χ0n) is 12.2. The fourth-order valence-electron chi connectivity index (χ4n) is 3.93. The van der Waals surface area contributed by atoms with Crippen molar-refractivity contribution < 1.29 is 0 Å². The average molecular weight is 291 g/mol. The molecule has 1 aromatic heterocycles. The van der Waals surface area contributed by atoms with Crippen LogP contribution in [0.2, 0.25) is 0 Å². The van der Waals surface area contributed by atoms with Crippen LogP contribution in [0.15, 0.2) is 5.38 Å². The molecule has 4 heteroatoms. The minimum atomic E-state index is 0.781.